The molecule has 0 N–H and O–H groups in total. The molecule has 0 atom stereocenters. The number of nitro benzene ring substituents is 1. The van der Waals surface area contributed by atoms with Crippen molar-refractivity contribution in [3.63, 3.8) is 0 Å². The number of nitro groups is 1. The van der Waals surface area contributed by atoms with E-state index < -0.39 is 4.92 Å². The van der Waals surface area contributed by atoms with Crippen molar-refractivity contribution in [2.75, 3.05) is 0 Å². The van der Waals surface area contributed by atoms with Crippen LogP contribution in [0, 0.1) is 10.1 Å². The van der Waals surface area contributed by atoms with Gasteiger partial charge >= 0.3 is 0 Å². The standard InChI is InChI=1S/C17H12N2O4/c20-16(12-6-2-1-3-7-12)10-13-11-18-17(23-13)14-8-4-5-9-15(14)19(21)22/h1-9,11H,10H2. The molecule has 0 aliphatic carbocycles. The lowest BCUT2D eigenvalue weighted by Gasteiger charge is -1.99. The Bertz CT molecular complexity index is 856. The molecule has 1 aromatic heterocycles. The van der Waals surface area contributed by atoms with Crippen LogP contribution in [-0.2, 0) is 6.42 Å². The van der Waals surface area contributed by atoms with E-state index in [4.69, 9.17) is 4.42 Å². The summed E-state index contributed by atoms with van der Waals surface area (Å²) in [4.78, 5) is 26.7. The summed E-state index contributed by atoms with van der Waals surface area (Å²) in [6, 6.07) is 15.0. The van der Waals surface area contributed by atoms with Gasteiger partial charge in [-0.1, -0.05) is 42.5 Å². The quantitative estimate of drug-likeness (QED) is 0.408. The molecule has 6 heteroatoms. The van der Waals surface area contributed by atoms with Crippen LogP contribution in [0.1, 0.15) is 16.1 Å². The maximum atomic E-state index is 12.1. The Hall–Kier alpha value is -3.28. The molecule has 0 radical (unpaired) electrons. The van der Waals surface area contributed by atoms with Gasteiger partial charge < -0.3 is 4.42 Å². The minimum atomic E-state index is -0.492. The first-order valence-electron chi connectivity index (χ1n) is 6.92. The van der Waals surface area contributed by atoms with Gasteiger partial charge in [0.25, 0.3) is 5.69 Å². The number of hydrogen-bond donors (Lipinski definition) is 0. The van der Waals surface area contributed by atoms with Crippen LogP contribution in [0.2, 0.25) is 0 Å². The van der Waals surface area contributed by atoms with Crippen molar-refractivity contribution in [1.82, 2.24) is 4.98 Å². The fourth-order valence-electron chi connectivity index (χ4n) is 2.21. The molecular weight excluding hydrogens is 296 g/mol. The number of carbonyl (C=O) groups excluding carboxylic acids is 1. The number of aromatic nitrogens is 1. The smallest absolute Gasteiger partial charge is 0.282 e. The van der Waals surface area contributed by atoms with Gasteiger partial charge in [-0.05, 0) is 6.07 Å². The Morgan fingerprint density at radius 3 is 2.52 bits per heavy atom. The van der Waals surface area contributed by atoms with E-state index in [0.29, 0.717) is 11.3 Å². The van der Waals surface area contributed by atoms with Crippen molar-refractivity contribution >= 4 is 11.5 Å². The van der Waals surface area contributed by atoms with Crippen LogP contribution in [0.15, 0.2) is 65.2 Å². The number of Topliss-reactive ketones (excluding diaryl/α,β-unsaturated/α-hetero) is 1. The molecule has 0 fully saturated rings. The van der Waals surface area contributed by atoms with Crippen LogP contribution in [0.5, 0.6) is 0 Å². The Labute approximate surface area is 131 Å². The lowest BCUT2D eigenvalue weighted by Crippen LogP contribution is -2.02. The van der Waals surface area contributed by atoms with Gasteiger partial charge in [0.1, 0.15) is 11.3 Å². The van der Waals surface area contributed by atoms with E-state index in [2.05, 4.69) is 4.98 Å². The lowest BCUT2D eigenvalue weighted by atomic mass is 10.1. The van der Waals surface area contributed by atoms with Gasteiger partial charge in [-0.2, -0.15) is 0 Å². The number of oxazole rings is 1. The second-order valence-corrected chi connectivity index (χ2v) is 4.87. The second kappa shape index (κ2) is 6.23. The van der Waals surface area contributed by atoms with E-state index in [9.17, 15) is 14.9 Å². The zero-order valence-electron chi connectivity index (χ0n) is 12.0. The molecule has 1 heterocycles. The number of nitrogens with zero attached hydrogens (tertiary/aromatic N) is 2. The summed E-state index contributed by atoms with van der Waals surface area (Å²) in [6.45, 7) is 0. The van der Waals surface area contributed by atoms with E-state index in [1.807, 2.05) is 6.07 Å². The third kappa shape index (κ3) is 3.16. The number of benzene rings is 2. The molecule has 0 saturated carbocycles. The molecule has 0 saturated heterocycles. The minimum absolute atomic E-state index is 0.0532. The molecule has 0 aliphatic heterocycles. The Morgan fingerprint density at radius 1 is 1.09 bits per heavy atom. The van der Waals surface area contributed by atoms with Crippen LogP contribution in [-0.4, -0.2) is 15.7 Å². The molecule has 0 spiro atoms. The molecule has 0 aliphatic rings. The zero-order valence-corrected chi connectivity index (χ0v) is 12.0. The van der Waals surface area contributed by atoms with Crippen molar-refractivity contribution in [3.05, 3.63) is 82.2 Å². The average Bonchev–Trinajstić information content (AvgIpc) is 3.04. The first-order valence-corrected chi connectivity index (χ1v) is 6.92. The van der Waals surface area contributed by atoms with E-state index in [0.717, 1.165) is 0 Å². The molecule has 2 aromatic carbocycles. The number of ketones is 1. The highest BCUT2D eigenvalue weighted by molar-refractivity contribution is 5.97. The fourth-order valence-corrected chi connectivity index (χ4v) is 2.21. The summed E-state index contributed by atoms with van der Waals surface area (Å²) in [5.41, 5.74) is 0.780. The SMILES string of the molecule is O=C(Cc1cnc(-c2ccccc2[N+](=O)[O-])o1)c1ccccc1. The monoisotopic (exact) mass is 308 g/mol. The molecular formula is C17H12N2O4. The van der Waals surface area contributed by atoms with Crippen molar-refractivity contribution < 1.29 is 14.1 Å². The van der Waals surface area contributed by atoms with Crippen LogP contribution in [0.25, 0.3) is 11.5 Å². The highest BCUT2D eigenvalue weighted by Crippen LogP contribution is 2.29. The second-order valence-electron chi connectivity index (χ2n) is 4.87. The van der Waals surface area contributed by atoms with Crippen molar-refractivity contribution in [1.29, 1.82) is 0 Å². The first kappa shape index (κ1) is 14.6. The number of rotatable bonds is 5. The molecule has 3 rings (SSSR count). The van der Waals surface area contributed by atoms with Crippen LogP contribution in [0.4, 0.5) is 5.69 Å². The Balaban J connectivity index is 1.84. The first-order chi connectivity index (χ1) is 11.1. The van der Waals surface area contributed by atoms with Gasteiger partial charge in [-0.3, -0.25) is 14.9 Å². The van der Waals surface area contributed by atoms with Gasteiger partial charge in [0.05, 0.1) is 17.5 Å². The van der Waals surface area contributed by atoms with Crippen LogP contribution < -0.4 is 0 Å². The zero-order chi connectivity index (χ0) is 16.2. The predicted octanol–water partition coefficient (Wildman–Crippen LogP) is 3.68. The third-order valence-electron chi connectivity index (χ3n) is 3.32. The number of para-hydroxylation sites is 1. The van der Waals surface area contributed by atoms with Crippen molar-refractivity contribution in [2.45, 2.75) is 6.42 Å². The van der Waals surface area contributed by atoms with Crippen molar-refractivity contribution in [2.24, 2.45) is 0 Å². The van der Waals surface area contributed by atoms with Gasteiger partial charge in [-0.25, -0.2) is 4.98 Å². The van der Waals surface area contributed by atoms with Crippen LogP contribution in [0.3, 0.4) is 0 Å². The topological polar surface area (TPSA) is 86.2 Å². The van der Waals surface area contributed by atoms with E-state index >= 15 is 0 Å². The lowest BCUT2D eigenvalue weighted by molar-refractivity contribution is -0.384. The van der Waals surface area contributed by atoms with E-state index in [-0.39, 0.29) is 29.3 Å². The molecule has 3 aromatic rings. The van der Waals surface area contributed by atoms with Gasteiger partial charge in [0.2, 0.25) is 5.89 Å². The van der Waals surface area contributed by atoms with Crippen LogP contribution >= 0.6 is 0 Å². The third-order valence-corrected chi connectivity index (χ3v) is 3.32. The minimum Gasteiger partial charge on any atom is -0.440 e. The largest absolute Gasteiger partial charge is 0.440 e. The summed E-state index contributed by atoms with van der Waals surface area (Å²) in [5, 5.41) is 11.0. The number of carbonyl (C=O) groups is 1. The Morgan fingerprint density at radius 2 is 1.78 bits per heavy atom. The summed E-state index contributed by atoms with van der Waals surface area (Å²) in [6.07, 6.45) is 1.48. The summed E-state index contributed by atoms with van der Waals surface area (Å²) >= 11 is 0. The average molecular weight is 308 g/mol. The predicted molar refractivity (Wildman–Crippen MR) is 83.1 cm³/mol. The maximum absolute atomic E-state index is 12.1. The van der Waals surface area contributed by atoms with Gasteiger partial charge in [-0.15, -0.1) is 0 Å². The fraction of sp³-hybridized carbons (Fsp3) is 0.0588. The molecule has 0 amide bonds. The molecule has 0 bridgehead atoms. The van der Waals surface area contributed by atoms with Gasteiger partial charge in [0, 0.05) is 11.6 Å². The summed E-state index contributed by atoms with van der Waals surface area (Å²) in [7, 11) is 0. The molecule has 0 unspecified atom stereocenters. The highest BCUT2D eigenvalue weighted by atomic mass is 16.6. The maximum Gasteiger partial charge on any atom is 0.282 e. The summed E-state index contributed by atoms with van der Waals surface area (Å²) < 4.78 is 5.52. The van der Waals surface area contributed by atoms with Gasteiger partial charge in [0.15, 0.2) is 5.78 Å². The van der Waals surface area contributed by atoms with Crippen molar-refractivity contribution in [3.8, 4) is 11.5 Å². The Kier molecular flexibility index (Phi) is 3.97. The molecule has 23 heavy (non-hydrogen) atoms. The normalized spacial score (nSPS) is 10.4. The van der Waals surface area contributed by atoms with E-state index in [1.54, 1.807) is 42.5 Å². The molecule has 114 valence electrons. The molecule has 6 nitrogen and oxygen atoms in total. The number of hydrogen-bond acceptors (Lipinski definition) is 5. The van der Waals surface area contributed by atoms with E-state index in [1.165, 1.54) is 12.3 Å². The summed E-state index contributed by atoms with van der Waals surface area (Å²) in [5.74, 6) is 0.399. The highest BCUT2D eigenvalue weighted by Gasteiger charge is 2.19.